The number of ether oxygens (including phenoxy) is 2. The van der Waals surface area contributed by atoms with Crippen molar-refractivity contribution in [3.8, 4) is 11.5 Å². The number of carbonyl (C=O) groups is 1. The summed E-state index contributed by atoms with van der Waals surface area (Å²) in [7, 11) is 0. The van der Waals surface area contributed by atoms with E-state index in [9.17, 15) is 9.18 Å². The number of nitrogens with one attached hydrogen (secondary N) is 1. The Morgan fingerprint density at radius 2 is 1.93 bits per heavy atom. The molecule has 7 heteroatoms. The lowest BCUT2D eigenvalue weighted by Gasteiger charge is -2.23. The Bertz CT molecular complexity index is 933. The molecule has 0 aliphatic carbocycles. The van der Waals surface area contributed by atoms with Gasteiger partial charge in [-0.15, -0.1) is 0 Å². The monoisotopic (exact) mass is 369 g/mol. The first-order valence-corrected chi connectivity index (χ1v) is 8.93. The van der Waals surface area contributed by atoms with Crippen molar-refractivity contribution in [3.63, 3.8) is 0 Å². The fourth-order valence-electron chi connectivity index (χ4n) is 3.13. The van der Waals surface area contributed by atoms with Gasteiger partial charge >= 0.3 is 0 Å². The lowest BCUT2D eigenvalue weighted by molar-refractivity contribution is -0.122. The lowest BCUT2D eigenvalue weighted by atomic mass is 10.1. The van der Waals surface area contributed by atoms with E-state index in [-0.39, 0.29) is 24.3 Å². The molecule has 0 atom stereocenters. The van der Waals surface area contributed by atoms with Crippen LogP contribution in [0.4, 0.5) is 4.39 Å². The Labute approximate surface area is 155 Å². The summed E-state index contributed by atoms with van der Waals surface area (Å²) < 4.78 is 25.9. The van der Waals surface area contributed by atoms with Gasteiger partial charge < -0.3 is 19.4 Å². The molecule has 0 bridgehead atoms. The number of rotatable bonds is 5. The van der Waals surface area contributed by atoms with Crippen molar-refractivity contribution in [2.75, 3.05) is 13.2 Å². The van der Waals surface area contributed by atoms with Crippen LogP contribution in [0.1, 0.15) is 12.8 Å². The number of imidazole rings is 1. The van der Waals surface area contributed by atoms with Gasteiger partial charge in [0.2, 0.25) is 5.91 Å². The van der Waals surface area contributed by atoms with Crippen LogP contribution in [0.5, 0.6) is 11.5 Å². The van der Waals surface area contributed by atoms with E-state index in [4.69, 9.17) is 9.47 Å². The van der Waals surface area contributed by atoms with Crippen molar-refractivity contribution in [3.05, 3.63) is 54.6 Å². The first kappa shape index (κ1) is 17.5. The summed E-state index contributed by atoms with van der Waals surface area (Å²) in [6.07, 6.45) is 3.33. The van der Waals surface area contributed by atoms with Crippen molar-refractivity contribution < 1.29 is 18.7 Å². The van der Waals surface area contributed by atoms with Crippen molar-refractivity contribution in [1.82, 2.24) is 14.9 Å². The Hall–Kier alpha value is -2.93. The molecule has 1 amide bonds. The molecular weight excluding hydrogens is 349 g/mol. The molecule has 1 aliphatic heterocycles. The number of amides is 1. The molecule has 1 saturated heterocycles. The maximum atomic E-state index is 13.0. The highest BCUT2D eigenvalue weighted by Gasteiger charge is 2.17. The van der Waals surface area contributed by atoms with E-state index in [1.165, 1.54) is 12.1 Å². The third-order valence-electron chi connectivity index (χ3n) is 4.54. The second-order valence-electron chi connectivity index (χ2n) is 6.53. The Kier molecular flexibility index (Phi) is 5.02. The maximum absolute atomic E-state index is 13.0. The molecule has 6 nitrogen and oxygen atoms in total. The minimum atomic E-state index is -0.314. The normalized spacial score (nSPS) is 15.0. The Balaban J connectivity index is 1.48. The number of fused-ring (bicyclic) bond motifs is 1. The summed E-state index contributed by atoms with van der Waals surface area (Å²) >= 11 is 0. The first-order valence-electron chi connectivity index (χ1n) is 8.93. The van der Waals surface area contributed by atoms with Gasteiger partial charge in [-0.3, -0.25) is 4.79 Å². The molecule has 1 aliphatic rings. The average Bonchev–Trinajstić information content (AvgIpc) is 3.06. The molecule has 0 radical (unpaired) electrons. The summed E-state index contributed by atoms with van der Waals surface area (Å²) in [5.41, 5.74) is 1.58. The average molecular weight is 369 g/mol. The smallest absolute Gasteiger partial charge is 0.240 e. The van der Waals surface area contributed by atoms with Gasteiger partial charge in [-0.2, -0.15) is 0 Å². The van der Waals surface area contributed by atoms with Gasteiger partial charge in [0.1, 0.15) is 23.9 Å². The first-order chi connectivity index (χ1) is 13.2. The zero-order valence-electron chi connectivity index (χ0n) is 14.7. The van der Waals surface area contributed by atoms with Crippen molar-refractivity contribution in [2.45, 2.75) is 25.4 Å². The minimum absolute atomic E-state index is 0.0499. The largest absolute Gasteiger partial charge is 0.457 e. The summed E-state index contributed by atoms with van der Waals surface area (Å²) in [6.45, 7) is 1.56. The number of halogens is 1. The highest BCUT2D eigenvalue weighted by atomic mass is 19.1. The van der Waals surface area contributed by atoms with Gasteiger partial charge in [-0.25, -0.2) is 9.37 Å². The lowest BCUT2D eigenvalue weighted by Crippen LogP contribution is -2.40. The molecule has 27 heavy (non-hydrogen) atoms. The minimum Gasteiger partial charge on any atom is -0.457 e. The van der Waals surface area contributed by atoms with Crippen molar-refractivity contribution in [1.29, 1.82) is 0 Å². The molecule has 140 valence electrons. The van der Waals surface area contributed by atoms with Gasteiger partial charge in [0.05, 0.1) is 17.4 Å². The topological polar surface area (TPSA) is 65.4 Å². The fraction of sp³-hybridized carbons (Fsp3) is 0.300. The van der Waals surface area contributed by atoms with E-state index >= 15 is 0 Å². The van der Waals surface area contributed by atoms with Crippen molar-refractivity contribution in [2.24, 2.45) is 0 Å². The molecule has 4 rings (SSSR count). The molecule has 3 aromatic rings. The van der Waals surface area contributed by atoms with Crippen LogP contribution in [0.15, 0.2) is 48.8 Å². The molecular formula is C20H20FN3O3. The van der Waals surface area contributed by atoms with Crippen LogP contribution in [0.25, 0.3) is 11.0 Å². The fourth-order valence-corrected chi connectivity index (χ4v) is 3.13. The zero-order valence-corrected chi connectivity index (χ0v) is 14.7. The van der Waals surface area contributed by atoms with Crippen LogP contribution in [0, 0.1) is 5.82 Å². The van der Waals surface area contributed by atoms with Crippen LogP contribution in [0.2, 0.25) is 0 Å². The van der Waals surface area contributed by atoms with Crippen LogP contribution < -0.4 is 10.1 Å². The van der Waals surface area contributed by atoms with E-state index in [0.717, 1.165) is 23.9 Å². The number of hydrogen-bond acceptors (Lipinski definition) is 4. The number of hydrogen-bond donors (Lipinski definition) is 1. The van der Waals surface area contributed by atoms with Gasteiger partial charge in [0.15, 0.2) is 0 Å². The van der Waals surface area contributed by atoms with E-state index < -0.39 is 0 Å². The Morgan fingerprint density at radius 1 is 1.19 bits per heavy atom. The Morgan fingerprint density at radius 3 is 2.70 bits per heavy atom. The van der Waals surface area contributed by atoms with Gasteiger partial charge in [0, 0.05) is 25.3 Å². The third kappa shape index (κ3) is 4.25. The van der Waals surface area contributed by atoms with E-state index in [1.807, 2.05) is 12.1 Å². The molecule has 1 fully saturated rings. The summed E-state index contributed by atoms with van der Waals surface area (Å²) in [4.78, 5) is 16.7. The van der Waals surface area contributed by atoms with E-state index in [0.29, 0.717) is 24.7 Å². The second kappa shape index (κ2) is 7.75. The quantitative estimate of drug-likeness (QED) is 0.750. The van der Waals surface area contributed by atoms with Gasteiger partial charge in [-0.1, -0.05) is 0 Å². The molecule has 2 aromatic carbocycles. The summed E-state index contributed by atoms with van der Waals surface area (Å²) in [5, 5.41) is 3.05. The predicted octanol–water partition coefficient (Wildman–Crippen LogP) is 3.26. The second-order valence-corrected chi connectivity index (χ2v) is 6.53. The number of nitrogens with zero attached hydrogens (tertiary/aromatic N) is 2. The third-order valence-corrected chi connectivity index (χ3v) is 4.54. The number of aromatic nitrogens is 2. The molecule has 1 aromatic heterocycles. The molecule has 0 unspecified atom stereocenters. The summed E-state index contributed by atoms with van der Waals surface area (Å²) in [5.74, 6) is 0.775. The van der Waals surface area contributed by atoms with Gasteiger partial charge in [-0.05, 0) is 49.2 Å². The molecule has 2 heterocycles. The predicted molar refractivity (Wildman–Crippen MR) is 98.2 cm³/mol. The standard InChI is InChI=1S/C20H20FN3O3/c21-14-1-3-16(4-2-14)27-17-5-6-18-19(11-17)24(13-22-18)12-20(25)23-15-7-9-26-10-8-15/h1-6,11,13,15H,7-10,12H2,(H,23,25). The molecule has 1 N–H and O–H groups in total. The SMILES string of the molecule is O=C(Cn1cnc2ccc(Oc3ccc(F)cc3)cc21)NC1CCOCC1. The zero-order chi connectivity index (χ0) is 18.6. The van der Waals surface area contributed by atoms with Crippen LogP contribution in [-0.2, 0) is 16.1 Å². The van der Waals surface area contributed by atoms with Crippen molar-refractivity contribution >= 4 is 16.9 Å². The van der Waals surface area contributed by atoms with Crippen LogP contribution in [-0.4, -0.2) is 34.7 Å². The van der Waals surface area contributed by atoms with Gasteiger partial charge in [0.25, 0.3) is 0 Å². The maximum Gasteiger partial charge on any atom is 0.240 e. The molecule has 0 spiro atoms. The van der Waals surface area contributed by atoms with Crippen LogP contribution in [0.3, 0.4) is 0 Å². The highest BCUT2D eigenvalue weighted by Crippen LogP contribution is 2.25. The molecule has 0 saturated carbocycles. The van der Waals surface area contributed by atoms with E-state index in [2.05, 4.69) is 10.3 Å². The van der Waals surface area contributed by atoms with Crippen LogP contribution >= 0.6 is 0 Å². The number of benzene rings is 2. The van der Waals surface area contributed by atoms with E-state index in [1.54, 1.807) is 29.1 Å². The number of carbonyl (C=O) groups excluding carboxylic acids is 1. The highest BCUT2D eigenvalue weighted by molar-refractivity contribution is 5.81. The summed E-state index contributed by atoms with van der Waals surface area (Å²) in [6, 6.07) is 11.5.